The number of carbonyl (C=O) groups excluding carboxylic acids is 1. The molecule has 0 aliphatic carbocycles. The Hall–Kier alpha value is -5.70. The Balaban J connectivity index is 1.41. The van der Waals surface area contributed by atoms with E-state index >= 15 is 0 Å². The normalized spacial score (nSPS) is 11.7. The molecule has 0 spiro atoms. The minimum atomic E-state index is -0.494. The molecule has 6 aromatic rings. The average Bonchev–Trinajstić information content (AvgIpc) is 3.71. The molecule has 0 fully saturated rings. The number of aromatic nitrogens is 4. The molecule has 9 heteroatoms. The van der Waals surface area contributed by atoms with Crippen molar-refractivity contribution in [3.05, 3.63) is 137 Å². The SMILES string of the molecule is C=Nc1ccc(C(=O)N[C@H](Cc2c[nH]c3ccccc23)c2nnc(CCc3ccccc3)n2Cc2ccc(OC)cc2OC)cc1. The number of hydrogen-bond acceptors (Lipinski definition) is 6. The first kappa shape index (κ1) is 30.3. The molecule has 0 saturated heterocycles. The molecule has 2 N–H and O–H groups in total. The van der Waals surface area contributed by atoms with Crippen LogP contribution < -0.4 is 14.8 Å². The van der Waals surface area contributed by atoms with Gasteiger partial charge in [0.25, 0.3) is 5.91 Å². The average molecular weight is 613 g/mol. The molecule has 1 atom stereocenters. The highest BCUT2D eigenvalue weighted by Crippen LogP contribution is 2.29. The minimum absolute atomic E-state index is 0.220. The highest BCUT2D eigenvalue weighted by Gasteiger charge is 2.26. The maximum Gasteiger partial charge on any atom is 0.251 e. The van der Waals surface area contributed by atoms with Gasteiger partial charge >= 0.3 is 0 Å². The third-order valence-electron chi connectivity index (χ3n) is 8.19. The lowest BCUT2D eigenvalue weighted by Crippen LogP contribution is -2.32. The second kappa shape index (κ2) is 13.9. The first-order chi connectivity index (χ1) is 22.6. The van der Waals surface area contributed by atoms with E-state index in [9.17, 15) is 4.79 Å². The van der Waals surface area contributed by atoms with Crippen LogP contribution >= 0.6 is 0 Å². The summed E-state index contributed by atoms with van der Waals surface area (Å²) in [6, 6.07) is 30.8. The third-order valence-corrected chi connectivity index (χ3v) is 8.19. The number of H-pyrrole nitrogens is 1. The molecular weight excluding hydrogens is 576 g/mol. The van der Waals surface area contributed by atoms with Gasteiger partial charge in [-0.3, -0.25) is 9.79 Å². The van der Waals surface area contributed by atoms with Gasteiger partial charge in [-0.25, -0.2) is 0 Å². The Morgan fingerprint density at radius 1 is 0.913 bits per heavy atom. The first-order valence-electron chi connectivity index (χ1n) is 15.2. The maximum atomic E-state index is 13.7. The van der Waals surface area contributed by atoms with Crippen LogP contribution in [0, 0.1) is 0 Å². The number of ether oxygens (including phenoxy) is 2. The van der Waals surface area contributed by atoms with E-state index in [2.05, 4.69) is 44.8 Å². The number of methoxy groups -OCH3 is 2. The van der Waals surface area contributed by atoms with Gasteiger partial charge in [0, 0.05) is 47.1 Å². The molecule has 4 aromatic carbocycles. The zero-order valence-corrected chi connectivity index (χ0v) is 25.9. The monoisotopic (exact) mass is 612 g/mol. The van der Waals surface area contributed by atoms with Gasteiger partial charge in [-0.2, -0.15) is 0 Å². The Kier molecular flexibility index (Phi) is 9.19. The van der Waals surface area contributed by atoms with E-state index < -0.39 is 6.04 Å². The number of benzene rings is 4. The zero-order valence-electron chi connectivity index (χ0n) is 25.9. The molecule has 232 valence electrons. The number of aryl methyl sites for hydroxylation is 2. The Bertz CT molecular complexity index is 1950. The first-order valence-corrected chi connectivity index (χ1v) is 15.2. The van der Waals surface area contributed by atoms with Crippen LogP contribution in [0.15, 0.2) is 108 Å². The number of hydrogen-bond donors (Lipinski definition) is 2. The zero-order chi connectivity index (χ0) is 31.9. The summed E-state index contributed by atoms with van der Waals surface area (Å²) in [6.45, 7) is 4.02. The fourth-order valence-corrected chi connectivity index (χ4v) is 5.70. The van der Waals surface area contributed by atoms with Crippen molar-refractivity contribution in [2.45, 2.75) is 31.8 Å². The van der Waals surface area contributed by atoms with Crippen molar-refractivity contribution in [1.29, 1.82) is 0 Å². The fraction of sp³-hybridized carbons (Fsp3) is 0.189. The molecule has 0 bridgehead atoms. The molecule has 0 saturated carbocycles. The highest BCUT2D eigenvalue weighted by atomic mass is 16.5. The van der Waals surface area contributed by atoms with Crippen molar-refractivity contribution in [3.8, 4) is 11.5 Å². The number of rotatable bonds is 13. The van der Waals surface area contributed by atoms with Crippen LogP contribution in [0.4, 0.5) is 5.69 Å². The maximum absolute atomic E-state index is 13.7. The van der Waals surface area contributed by atoms with Crippen molar-refractivity contribution in [1.82, 2.24) is 25.1 Å². The van der Waals surface area contributed by atoms with Gasteiger partial charge in [-0.1, -0.05) is 48.5 Å². The van der Waals surface area contributed by atoms with Crippen LogP contribution in [0.2, 0.25) is 0 Å². The van der Waals surface area contributed by atoms with Crippen LogP contribution in [-0.2, 0) is 25.8 Å². The van der Waals surface area contributed by atoms with E-state index in [0.717, 1.165) is 34.3 Å². The molecule has 6 rings (SSSR count). The number of aliphatic imine (C=N–C) groups is 1. The molecule has 46 heavy (non-hydrogen) atoms. The van der Waals surface area contributed by atoms with Gasteiger partial charge in [0.1, 0.15) is 17.3 Å². The topological polar surface area (TPSA) is 106 Å². The van der Waals surface area contributed by atoms with E-state index in [4.69, 9.17) is 19.7 Å². The Labute approximate surface area is 267 Å². The second-order valence-electron chi connectivity index (χ2n) is 11.0. The van der Waals surface area contributed by atoms with Crippen LogP contribution in [0.25, 0.3) is 10.9 Å². The molecular formula is C37H36N6O3. The smallest absolute Gasteiger partial charge is 0.251 e. The predicted molar refractivity (Wildman–Crippen MR) is 180 cm³/mol. The quantitative estimate of drug-likeness (QED) is 0.142. The number of para-hydroxylation sites is 1. The van der Waals surface area contributed by atoms with Gasteiger partial charge < -0.3 is 24.3 Å². The molecule has 2 aromatic heterocycles. The Morgan fingerprint density at radius 2 is 1.70 bits per heavy atom. The standard InChI is InChI=1S/C37H36N6O3/c1-38-29-17-14-26(15-18-29)37(44)40-33(21-28-23-39-32-12-8-7-11-31(28)32)36-42-41-35(20-13-25-9-5-4-6-10-25)43(36)24-27-16-19-30(45-2)22-34(27)46-3/h4-12,14-19,22-23,33,39H,1,13,20-21,24H2,2-3H3,(H,40,44)/t33-/m1/s1. The van der Waals surface area contributed by atoms with E-state index in [1.807, 2.05) is 60.8 Å². The molecule has 1 amide bonds. The van der Waals surface area contributed by atoms with Crippen molar-refractivity contribution in [3.63, 3.8) is 0 Å². The molecule has 0 aliphatic heterocycles. The third kappa shape index (κ3) is 6.68. The van der Waals surface area contributed by atoms with Gasteiger partial charge in [0.2, 0.25) is 0 Å². The summed E-state index contributed by atoms with van der Waals surface area (Å²) >= 11 is 0. The largest absolute Gasteiger partial charge is 0.497 e. The lowest BCUT2D eigenvalue weighted by Gasteiger charge is -2.21. The van der Waals surface area contributed by atoms with Crippen LogP contribution in [0.5, 0.6) is 11.5 Å². The minimum Gasteiger partial charge on any atom is -0.497 e. The van der Waals surface area contributed by atoms with Crippen LogP contribution in [0.3, 0.4) is 0 Å². The highest BCUT2D eigenvalue weighted by molar-refractivity contribution is 5.94. The van der Waals surface area contributed by atoms with Gasteiger partial charge in [0.15, 0.2) is 5.82 Å². The number of fused-ring (bicyclic) bond motifs is 1. The number of nitrogens with zero attached hydrogens (tertiary/aromatic N) is 4. The molecule has 0 aliphatic rings. The molecule has 0 radical (unpaired) electrons. The number of amides is 1. The van der Waals surface area contributed by atoms with E-state index in [1.54, 1.807) is 38.5 Å². The summed E-state index contributed by atoms with van der Waals surface area (Å²) in [5, 5.41) is 13.8. The summed E-state index contributed by atoms with van der Waals surface area (Å²) < 4.78 is 13.3. The van der Waals surface area contributed by atoms with E-state index in [-0.39, 0.29) is 5.91 Å². The lowest BCUT2D eigenvalue weighted by molar-refractivity contribution is 0.0934. The number of nitrogens with one attached hydrogen (secondary N) is 2. The van der Waals surface area contributed by atoms with Gasteiger partial charge in [-0.15, -0.1) is 10.2 Å². The second-order valence-corrected chi connectivity index (χ2v) is 11.0. The van der Waals surface area contributed by atoms with E-state index in [1.165, 1.54) is 5.56 Å². The predicted octanol–water partition coefficient (Wildman–Crippen LogP) is 6.66. The number of carbonyl (C=O) groups is 1. The van der Waals surface area contributed by atoms with Crippen LogP contribution in [0.1, 0.15) is 44.7 Å². The Morgan fingerprint density at radius 3 is 2.46 bits per heavy atom. The van der Waals surface area contributed by atoms with Crippen LogP contribution in [-0.4, -0.2) is 46.6 Å². The number of aromatic amines is 1. The molecule has 0 unspecified atom stereocenters. The summed E-state index contributed by atoms with van der Waals surface area (Å²) in [4.78, 5) is 21.0. The van der Waals surface area contributed by atoms with Crippen molar-refractivity contribution in [2.24, 2.45) is 4.99 Å². The summed E-state index contributed by atoms with van der Waals surface area (Å²) in [5.41, 5.74) is 5.46. The van der Waals surface area contributed by atoms with Gasteiger partial charge in [0.05, 0.1) is 32.5 Å². The summed E-state index contributed by atoms with van der Waals surface area (Å²) in [7, 11) is 3.28. The van der Waals surface area contributed by atoms with Crippen molar-refractivity contribution in [2.75, 3.05) is 14.2 Å². The summed E-state index contributed by atoms with van der Waals surface area (Å²) in [6.07, 6.45) is 3.96. The lowest BCUT2D eigenvalue weighted by atomic mass is 10.0. The molecule has 2 heterocycles. The van der Waals surface area contributed by atoms with Gasteiger partial charge in [-0.05, 0) is 66.7 Å². The van der Waals surface area contributed by atoms with Crippen molar-refractivity contribution < 1.29 is 14.3 Å². The molecule has 9 nitrogen and oxygen atoms in total. The van der Waals surface area contributed by atoms with Crippen molar-refractivity contribution >= 4 is 29.2 Å². The fourth-order valence-electron chi connectivity index (χ4n) is 5.70. The van der Waals surface area contributed by atoms with E-state index in [0.29, 0.717) is 48.0 Å². The summed E-state index contributed by atoms with van der Waals surface area (Å²) in [5.74, 6) is 2.65.